The molecule has 0 saturated carbocycles. The van der Waals surface area contributed by atoms with Gasteiger partial charge in [0.15, 0.2) is 0 Å². The van der Waals surface area contributed by atoms with Gasteiger partial charge in [0.25, 0.3) is 5.91 Å². The van der Waals surface area contributed by atoms with Gasteiger partial charge >= 0.3 is 0 Å². The summed E-state index contributed by atoms with van der Waals surface area (Å²) in [6.45, 7) is 4.53. The van der Waals surface area contributed by atoms with Crippen LogP contribution in [0.3, 0.4) is 0 Å². The molecule has 10 heteroatoms. The summed E-state index contributed by atoms with van der Waals surface area (Å²) >= 11 is 1.28. The molecule has 2 aromatic rings. The van der Waals surface area contributed by atoms with E-state index in [1.54, 1.807) is 16.4 Å². The molecule has 2 saturated heterocycles. The molecule has 0 aliphatic carbocycles. The zero-order valence-electron chi connectivity index (χ0n) is 17.1. The minimum atomic E-state index is -3.68. The fraction of sp³-hybridized carbons (Fsp3) is 0.550. The van der Waals surface area contributed by atoms with Crippen LogP contribution >= 0.6 is 11.3 Å². The molecule has 0 atom stereocenters. The number of nitrogens with zero attached hydrogens (tertiary/aromatic N) is 4. The highest BCUT2D eigenvalue weighted by atomic mass is 32.2. The van der Waals surface area contributed by atoms with Gasteiger partial charge in [-0.1, -0.05) is 17.8 Å². The Balaban J connectivity index is 1.69. The zero-order valence-corrected chi connectivity index (χ0v) is 18.8. The Bertz CT molecular complexity index is 1010. The summed E-state index contributed by atoms with van der Waals surface area (Å²) in [5.74, 6) is -0.383. The van der Waals surface area contributed by atoms with Gasteiger partial charge in [-0.2, -0.15) is 4.31 Å². The molecule has 4 rings (SSSR count). The van der Waals surface area contributed by atoms with Crippen LogP contribution in [0, 0.1) is 6.92 Å². The minimum absolute atomic E-state index is 0.229. The molecule has 8 nitrogen and oxygen atoms in total. The number of carbonyl (C=O) groups is 1. The normalized spacial score (nSPS) is 18.4. The summed E-state index contributed by atoms with van der Waals surface area (Å²) in [5.41, 5.74) is 1.00. The lowest BCUT2D eigenvalue weighted by Crippen LogP contribution is -2.37. The van der Waals surface area contributed by atoms with Crippen LogP contribution in [-0.4, -0.2) is 55.0 Å². The number of carbonyl (C=O) groups excluding carboxylic acids is 1. The Hall–Kier alpha value is -2.04. The van der Waals surface area contributed by atoms with Crippen LogP contribution in [0.15, 0.2) is 23.1 Å². The number of aryl methyl sites for hydroxylation is 1. The van der Waals surface area contributed by atoms with Crippen molar-refractivity contribution in [1.29, 1.82) is 0 Å². The molecule has 1 aromatic carbocycles. The number of anilines is 2. The first-order chi connectivity index (χ1) is 14.4. The van der Waals surface area contributed by atoms with Crippen LogP contribution in [-0.2, 0) is 10.0 Å². The molecular formula is C20H27N5O3S2. The van der Waals surface area contributed by atoms with Crippen LogP contribution in [0.4, 0.5) is 10.8 Å². The second kappa shape index (κ2) is 8.99. The van der Waals surface area contributed by atoms with E-state index >= 15 is 0 Å². The van der Waals surface area contributed by atoms with Gasteiger partial charge in [0.05, 0.1) is 5.69 Å². The van der Waals surface area contributed by atoms with E-state index < -0.39 is 10.0 Å². The van der Waals surface area contributed by atoms with E-state index in [4.69, 9.17) is 0 Å². The molecule has 2 aliphatic rings. The molecular weight excluding hydrogens is 422 g/mol. The largest absolute Gasteiger partial charge is 0.370 e. The fourth-order valence-corrected chi connectivity index (χ4v) is 6.36. The van der Waals surface area contributed by atoms with Gasteiger partial charge in [-0.05, 0) is 57.2 Å². The fourth-order valence-electron chi connectivity index (χ4n) is 4.02. The quantitative estimate of drug-likeness (QED) is 0.753. The van der Waals surface area contributed by atoms with Gasteiger partial charge < -0.3 is 4.90 Å². The molecule has 1 amide bonds. The lowest BCUT2D eigenvalue weighted by molar-refractivity contribution is 0.102. The van der Waals surface area contributed by atoms with E-state index in [1.165, 1.54) is 17.4 Å². The van der Waals surface area contributed by atoms with Gasteiger partial charge in [-0.15, -0.1) is 10.2 Å². The Morgan fingerprint density at radius 3 is 2.30 bits per heavy atom. The molecule has 0 unspecified atom stereocenters. The average Bonchev–Trinajstić information content (AvgIpc) is 3.19. The second-order valence-corrected chi connectivity index (χ2v) is 10.9. The second-order valence-electron chi connectivity index (χ2n) is 7.78. The molecule has 162 valence electrons. The van der Waals surface area contributed by atoms with Crippen LogP contribution in [0.25, 0.3) is 0 Å². The molecule has 1 N–H and O–H groups in total. The van der Waals surface area contributed by atoms with E-state index in [2.05, 4.69) is 20.4 Å². The van der Waals surface area contributed by atoms with Gasteiger partial charge in [0.2, 0.25) is 15.2 Å². The Morgan fingerprint density at radius 2 is 1.67 bits per heavy atom. The van der Waals surface area contributed by atoms with Crippen LogP contribution in [0.5, 0.6) is 0 Å². The molecule has 0 radical (unpaired) electrons. The van der Waals surface area contributed by atoms with Crippen LogP contribution in [0.1, 0.15) is 53.9 Å². The first kappa shape index (κ1) is 21.2. The van der Waals surface area contributed by atoms with E-state index in [0.29, 0.717) is 29.5 Å². The average molecular weight is 450 g/mol. The highest BCUT2D eigenvalue weighted by Gasteiger charge is 2.31. The number of rotatable bonds is 5. The summed E-state index contributed by atoms with van der Waals surface area (Å²) in [7, 11) is -3.68. The molecule has 2 fully saturated rings. The van der Waals surface area contributed by atoms with Gasteiger partial charge in [0.1, 0.15) is 9.90 Å². The van der Waals surface area contributed by atoms with E-state index in [0.717, 1.165) is 56.6 Å². The van der Waals surface area contributed by atoms with Crippen molar-refractivity contribution >= 4 is 38.1 Å². The molecule has 0 bridgehead atoms. The summed E-state index contributed by atoms with van der Waals surface area (Å²) in [6, 6.07) is 5.00. The maximum absolute atomic E-state index is 13.5. The van der Waals surface area contributed by atoms with Crippen LogP contribution < -0.4 is 10.2 Å². The number of aromatic nitrogens is 2. The Morgan fingerprint density at radius 1 is 1.00 bits per heavy atom. The maximum atomic E-state index is 13.5. The number of nitrogens with one attached hydrogen (secondary N) is 1. The van der Waals surface area contributed by atoms with Crippen molar-refractivity contribution in [3.05, 3.63) is 28.8 Å². The monoisotopic (exact) mass is 449 g/mol. The van der Waals surface area contributed by atoms with Gasteiger partial charge in [0, 0.05) is 31.7 Å². The molecule has 2 aliphatic heterocycles. The van der Waals surface area contributed by atoms with Crippen molar-refractivity contribution in [2.45, 2.75) is 50.3 Å². The molecule has 3 heterocycles. The molecule has 30 heavy (non-hydrogen) atoms. The number of amides is 1. The first-order valence-corrected chi connectivity index (χ1v) is 12.7. The van der Waals surface area contributed by atoms with E-state index in [9.17, 15) is 13.2 Å². The summed E-state index contributed by atoms with van der Waals surface area (Å²) in [5, 5.41) is 11.7. The predicted octanol–water partition coefficient (Wildman–Crippen LogP) is 3.26. The Kier molecular flexibility index (Phi) is 6.35. The van der Waals surface area contributed by atoms with Crippen molar-refractivity contribution < 1.29 is 13.2 Å². The third-order valence-corrected chi connectivity index (χ3v) is 8.28. The summed E-state index contributed by atoms with van der Waals surface area (Å²) in [4.78, 5) is 15.1. The topological polar surface area (TPSA) is 95.5 Å². The van der Waals surface area contributed by atoms with Gasteiger partial charge in [-0.3, -0.25) is 10.1 Å². The number of hydrogen-bond donors (Lipinski definition) is 1. The number of sulfonamides is 1. The lowest BCUT2D eigenvalue weighted by atomic mass is 10.1. The third-order valence-electron chi connectivity index (χ3n) is 5.60. The van der Waals surface area contributed by atoms with E-state index in [1.807, 2.05) is 6.92 Å². The minimum Gasteiger partial charge on any atom is -0.370 e. The highest BCUT2D eigenvalue weighted by Crippen LogP contribution is 2.32. The smallest absolute Gasteiger partial charge is 0.257 e. The van der Waals surface area contributed by atoms with Crippen molar-refractivity contribution in [2.75, 3.05) is 36.4 Å². The third kappa shape index (κ3) is 4.50. The number of hydrogen-bond acceptors (Lipinski definition) is 7. The summed E-state index contributed by atoms with van der Waals surface area (Å²) < 4.78 is 28.6. The standard InChI is InChI=1S/C20H27N5O3S2/c1-15-22-23-20(29-15)21-19(26)16-8-9-17(24-10-4-2-5-11-24)18(14-16)30(27,28)25-12-6-3-7-13-25/h8-9,14H,2-7,10-13H2,1H3,(H,21,23,26). The first-order valence-electron chi connectivity index (χ1n) is 10.5. The zero-order chi connectivity index (χ0) is 21.1. The number of benzene rings is 1. The van der Waals surface area contributed by atoms with Crippen molar-refractivity contribution in [2.24, 2.45) is 0 Å². The molecule has 0 spiro atoms. The maximum Gasteiger partial charge on any atom is 0.257 e. The Labute approximate surface area is 181 Å². The van der Waals surface area contributed by atoms with Crippen molar-refractivity contribution in [3.63, 3.8) is 0 Å². The highest BCUT2D eigenvalue weighted by molar-refractivity contribution is 7.89. The van der Waals surface area contributed by atoms with Crippen molar-refractivity contribution in [3.8, 4) is 0 Å². The SMILES string of the molecule is Cc1nnc(NC(=O)c2ccc(N3CCCCC3)c(S(=O)(=O)N3CCCCC3)c2)s1. The predicted molar refractivity (Wildman–Crippen MR) is 118 cm³/mol. The molecule has 1 aromatic heterocycles. The lowest BCUT2D eigenvalue weighted by Gasteiger charge is -2.33. The summed E-state index contributed by atoms with van der Waals surface area (Å²) in [6.07, 6.45) is 6.04. The van der Waals surface area contributed by atoms with Crippen LogP contribution in [0.2, 0.25) is 0 Å². The van der Waals surface area contributed by atoms with E-state index in [-0.39, 0.29) is 10.8 Å². The number of piperidine rings is 2. The van der Waals surface area contributed by atoms with Gasteiger partial charge in [-0.25, -0.2) is 8.42 Å². The van der Waals surface area contributed by atoms with Crippen molar-refractivity contribution in [1.82, 2.24) is 14.5 Å².